The van der Waals surface area contributed by atoms with Crippen LogP contribution < -0.4 is 20.7 Å². The molecule has 5 rings (SSSR count). The highest BCUT2D eigenvalue weighted by atomic mass is 16.5. The third-order valence-corrected chi connectivity index (χ3v) is 6.47. The summed E-state index contributed by atoms with van der Waals surface area (Å²) in [6.45, 7) is 1.82. The molecule has 9 heteroatoms. The SMILES string of the molecule is N#Cc1c2n(c(=O)n(CC(=O)N3CCC[C@@H]3c3ccc4c(c3)OCCCO4)c1=O)CCC2. The van der Waals surface area contributed by atoms with Crippen molar-refractivity contribution >= 4 is 5.91 Å². The van der Waals surface area contributed by atoms with Gasteiger partial charge in [-0.1, -0.05) is 6.07 Å². The molecule has 0 saturated carbocycles. The number of nitrogens with zero attached hydrogens (tertiary/aromatic N) is 4. The molecule has 3 aliphatic rings. The minimum absolute atomic E-state index is 0.0317. The molecule has 1 fully saturated rings. The van der Waals surface area contributed by atoms with Gasteiger partial charge in [-0.15, -0.1) is 0 Å². The predicted octanol–water partition coefficient (Wildman–Crippen LogP) is 1.35. The number of ether oxygens (including phenoxy) is 2. The fourth-order valence-corrected chi connectivity index (χ4v) is 4.91. The Hall–Kier alpha value is -3.54. The Morgan fingerprint density at radius 2 is 1.91 bits per heavy atom. The van der Waals surface area contributed by atoms with E-state index in [1.165, 1.54) is 4.57 Å². The molecule has 1 amide bonds. The van der Waals surface area contributed by atoms with Gasteiger partial charge in [-0.25, -0.2) is 9.36 Å². The summed E-state index contributed by atoms with van der Waals surface area (Å²) in [6, 6.07) is 7.49. The Balaban J connectivity index is 1.43. The second kappa shape index (κ2) is 8.19. The summed E-state index contributed by atoms with van der Waals surface area (Å²) in [5.41, 5.74) is 0.204. The zero-order valence-electron chi connectivity index (χ0n) is 17.7. The lowest BCUT2D eigenvalue weighted by atomic mass is 10.0. The average molecular weight is 436 g/mol. The molecule has 0 N–H and O–H groups in total. The van der Waals surface area contributed by atoms with Crippen LogP contribution in [0.5, 0.6) is 11.5 Å². The molecule has 0 aliphatic carbocycles. The van der Waals surface area contributed by atoms with E-state index in [0.29, 0.717) is 56.3 Å². The number of carbonyl (C=O) groups excluding carboxylic acids is 1. The molecule has 0 spiro atoms. The quantitative estimate of drug-likeness (QED) is 0.719. The van der Waals surface area contributed by atoms with Gasteiger partial charge in [0.2, 0.25) is 5.91 Å². The number of benzene rings is 1. The van der Waals surface area contributed by atoms with Crippen molar-refractivity contribution in [3.8, 4) is 17.6 Å². The molecule has 32 heavy (non-hydrogen) atoms. The number of amides is 1. The van der Waals surface area contributed by atoms with Gasteiger partial charge in [-0.2, -0.15) is 5.26 Å². The van der Waals surface area contributed by atoms with Crippen molar-refractivity contribution in [2.24, 2.45) is 0 Å². The maximum atomic E-state index is 13.2. The number of hydrogen-bond donors (Lipinski definition) is 0. The Labute approximate surface area is 184 Å². The smallest absolute Gasteiger partial charge is 0.331 e. The summed E-state index contributed by atoms with van der Waals surface area (Å²) in [4.78, 5) is 40.6. The van der Waals surface area contributed by atoms with Gasteiger partial charge >= 0.3 is 5.69 Å². The molecule has 0 unspecified atom stereocenters. The molecular formula is C23H24N4O5. The van der Waals surface area contributed by atoms with Crippen LogP contribution in [0.2, 0.25) is 0 Å². The van der Waals surface area contributed by atoms with E-state index < -0.39 is 11.2 Å². The van der Waals surface area contributed by atoms with Gasteiger partial charge in [0.1, 0.15) is 18.2 Å². The van der Waals surface area contributed by atoms with Crippen LogP contribution in [0.1, 0.15) is 48.5 Å². The molecule has 0 bridgehead atoms. The molecule has 0 radical (unpaired) electrons. The van der Waals surface area contributed by atoms with Crippen LogP contribution in [-0.4, -0.2) is 39.7 Å². The third-order valence-electron chi connectivity index (χ3n) is 6.47. The van der Waals surface area contributed by atoms with E-state index in [2.05, 4.69) is 0 Å². The summed E-state index contributed by atoms with van der Waals surface area (Å²) in [5.74, 6) is 1.07. The number of nitriles is 1. The van der Waals surface area contributed by atoms with Crippen molar-refractivity contribution in [2.75, 3.05) is 19.8 Å². The van der Waals surface area contributed by atoms with Gasteiger partial charge in [0.15, 0.2) is 11.5 Å². The Bertz CT molecular complexity index is 1240. The first-order valence-corrected chi connectivity index (χ1v) is 11.0. The van der Waals surface area contributed by atoms with Crippen LogP contribution in [0.25, 0.3) is 0 Å². The van der Waals surface area contributed by atoms with Crippen LogP contribution in [0.3, 0.4) is 0 Å². The molecule has 2 aromatic rings. The van der Waals surface area contributed by atoms with Crippen molar-refractivity contribution < 1.29 is 14.3 Å². The van der Waals surface area contributed by atoms with E-state index in [1.807, 2.05) is 24.3 Å². The van der Waals surface area contributed by atoms with Gasteiger partial charge in [-0.05, 0) is 43.4 Å². The van der Waals surface area contributed by atoms with Gasteiger partial charge < -0.3 is 14.4 Å². The van der Waals surface area contributed by atoms with Crippen LogP contribution >= 0.6 is 0 Å². The summed E-state index contributed by atoms with van der Waals surface area (Å²) >= 11 is 0. The number of likely N-dealkylation sites (tertiary alicyclic amines) is 1. The minimum atomic E-state index is -0.676. The van der Waals surface area contributed by atoms with Gasteiger partial charge in [0.25, 0.3) is 5.56 Å². The molecule has 166 valence electrons. The van der Waals surface area contributed by atoms with Crippen LogP contribution in [0.15, 0.2) is 27.8 Å². The van der Waals surface area contributed by atoms with E-state index in [1.54, 1.807) is 4.90 Å². The minimum Gasteiger partial charge on any atom is -0.490 e. The molecule has 1 aromatic heterocycles. The summed E-state index contributed by atoms with van der Waals surface area (Å²) in [5, 5.41) is 9.46. The fourth-order valence-electron chi connectivity index (χ4n) is 4.91. The summed E-state index contributed by atoms with van der Waals surface area (Å²) in [7, 11) is 0. The van der Waals surface area contributed by atoms with E-state index >= 15 is 0 Å². The highest BCUT2D eigenvalue weighted by Gasteiger charge is 2.32. The fraction of sp³-hybridized carbons (Fsp3) is 0.478. The van der Waals surface area contributed by atoms with Crippen LogP contribution in [-0.2, 0) is 24.3 Å². The van der Waals surface area contributed by atoms with E-state index in [9.17, 15) is 19.6 Å². The van der Waals surface area contributed by atoms with Crippen LogP contribution in [0, 0.1) is 11.3 Å². The normalized spacial score (nSPS) is 19.3. The van der Waals surface area contributed by atoms with Crippen molar-refractivity contribution in [1.29, 1.82) is 5.26 Å². The maximum absolute atomic E-state index is 13.2. The van der Waals surface area contributed by atoms with E-state index in [-0.39, 0.29) is 24.1 Å². The van der Waals surface area contributed by atoms with E-state index in [4.69, 9.17) is 9.47 Å². The molecule has 4 heterocycles. The lowest BCUT2D eigenvalue weighted by Gasteiger charge is -2.26. The molecule has 1 atom stereocenters. The van der Waals surface area contributed by atoms with Crippen molar-refractivity contribution in [2.45, 2.75) is 51.2 Å². The average Bonchev–Trinajstić information content (AvgIpc) is 3.42. The first kappa shape index (κ1) is 20.4. The predicted molar refractivity (Wildman–Crippen MR) is 114 cm³/mol. The molecular weight excluding hydrogens is 412 g/mol. The second-order valence-corrected chi connectivity index (χ2v) is 8.36. The lowest BCUT2D eigenvalue weighted by Crippen LogP contribution is -2.45. The Morgan fingerprint density at radius 3 is 2.72 bits per heavy atom. The van der Waals surface area contributed by atoms with Gasteiger partial charge in [0.05, 0.1) is 19.3 Å². The molecule has 9 nitrogen and oxygen atoms in total. The Morgan fingerprint density at radius 1 is 1.09 bits per heavy atom. The molecule has 1 aromatic carbocycles. The lowest BCUT2D eigenvalue weighted by molar-refractivity contribution is -0.132. The second-order valence-electron chi connectivity index (χ2n) is 8.36. The maximum Gasteiger partial charge on any atom is 0.331 e. The van der Waals surface area contributed by atoms with Crippen molar-refractivity contribution in [3.05, 3.63) is 55.9 Å². The number of hydrogen-bond acceptors (Lipinski definition) is 6. The van der Waals surface area contributed by atoms with Gasteiger partial charge in [-0.3, -0.25) is 14.2 Å². The first-order valence-electron chi connectivity index (χ1n) is 11.0. The Kier molecular flexibility index (Phi) is 5.21. The van der Waals surface area contributed by atoms with E-state index in [0.717, 1.165) is 29.4 Å². The standard InChI is InChI=1S/C23H24N4O5/c24-13-16-18-5-2-9-26(18)23(30)27(22(16)29)14-21(28)25-8-1-4-17(25)15-6-7-19-20(12-15)32-11-3-10-31-19/h6-7,12,17H,1-5,8-11,14H2/t17-/m1/s1. The largest absolute Gasteiger partial charge is 0.490 e. The topological polar surface area (TPSA) is 107 Å². The van der Waals surface area contributed by atoms with Gasteiger partial charge in [0, 0.05) is 25.2 Å². The first-order chi connectivity index (χ1) is 15.6. The summed E-state index contributed by atoms with van der Waals surface area (Å²) in [6.07, 6.45) is 3.66. The highest BCUT2D eigenvalue weighted by Crippen LogP contribution is 2.38. The van der Waals surface area contributed by atoms with Crippen molar-refractivity contribution in [3.63, 3.8) is 0 Å². The number of rotatable bonds is 3. The number of aromatic nitrogens is 2. The summed E-state index contributed by atoms with van der Waals surface area (Å²) < 4.78 is 13.9. The van der Waals surface area contributed by atoms with Crippen molar-refractivity contribution in [1.82, 2.24) is 14.0 Å². The van der Waals surface area contributed by atoms with Crippen LogP contribution in [0.4, 0.5) is 0 Å². The number of carbonyl (C=O) groups is 1. The number of fused-ring (bicyclic) bond motifs is 2. The highest BCUT2D eigenvalue weighted by molar-refractivity contribution is 5.77. The zero-order valence-corrected chi connectivity index (χ0v) is 17.7. The molecule has 3 aliphatic heterocycles. The monoisotopic (exact) mass is 436 g/mol. The molecule has 1 saturated heterocycles. The zero-order chi connectivity index (χ0) is 22.2. The third kappa shape index (κ3) is 3.36.